The third-order valence-electron chi connectivity index (χ3n) is 4.95. The summed E-state index contributed by atoms with van der Waals surface area (Å²) in [5.74, 6) is 0.680. The molecule has 1 fully saturated rings. The van der Waals surface area contributed by atoms with Crippen molar-refractivity contribution in [1.29, 1.82) is 0 Å². The standard InChI is InChI=1S/C20H19F3N6O/c1-14-6-7-29(26-14)18-12-17(24-13-25-18)27-8-10-28(11-9-27)19(30)15-4-2-3-5-16(15)20(21,22)23/h2-7,12-13H,8-11H2,1H3. The first-order chi connectivity index (χ1) is 14.3. The molecule has 0 unspecified atom stereocenters. The number of hydrogen-bond acceptors (Lipinski definition) is 5. The molecule has 0 saturated carbocycles. The quantitative estimate of drug-likeness (QED) is 0.657. The number of alkyl halides is 3. The Morgan fingerprint density at radius 3 is 2.37 bits per heavy atom. The van der Waals surface area contributed by atoms with Crippen LogP contribution in [0.4, 0.5) is 19.0 Å². The molecule has 2 aromatic heterocycles. The minimum Gasteiger partial charge on any atom is -0.353 e. The number of amides is 1. The van der Waals surface area contributed by atoms with Crippen LogP contribution in [0.1, 0.15) is 21.6 Å². The highest BCUT2D eigenvalue weighted by atomic mass is 19.4. The molecule has 3 aromatic rings. The number of halogens is 3. The lowest BCUT2D eigenvalue weighted by Gasteiger charge is -2.35. The van der Waals surface area contributed by atoms with Gasteiger partial charge in [0.15, 0.2) is 5.82 Å². The van der Waals surface area contributed by atoms with Crippen molar-refractivity contribution in [3.63, 3.8) is 0 Å². The van der Waals surface area contributed by atoms with Crippen molar-refractivity contribution in [3.8, 4) is 5.82 Å². The fourth-order valence-electron chi connectivity index (χ4n) is 3.40. The molecule has 1 amide bonds. The Kier molecular flexibility index (Phi) is 5.15. The number of aryl methyl sites for hydroxylation is 1. The molecular weight excluding hydrogens is 397 g/mol. The summed E-state index contributed by atoms with van der Waals surface area (Å²) in [4.78, 5) is 24.7. The zero-order valence-corrected chi connectivity index (χ0v) is 16.2. The van der Waals surface area contributed by atoms with Gasteiger partial charge in [-0.2, -0.15) is 18.3 Å². The van der Waals surface area contributed by atoms with E-state index in [1.807, 2.05) is 17.9 Å². The van der Waals surface area contributed by atoms with Crippen LogP contribution < -0.4 is 4.90 Å². The fraction of sp³-hybridized carbons (Fsp3) is 0.300. The Labute approximate surface area is 170 Å². The predicted molar refractivity (Wildman–Crippen MR) is 103 cm³/mol. The number of benzene rings is 1. The van der Waals surface area contributed by atoms with Crippen LogP contribution in [0.25, 0.3) is 5.82 Å². The van der Waals surface area contributed by atoms with Gasteiger partial charge >= 0.3 is 6.18 Å². The lowest BCUT2D eigenvalue weighted by atomic mass is 10.1. The number of rotatable bonds is 3. The first kappa shape index (κ1) is 19.9. The smallest absolute Gasteiger partial charge is 0.353 e. The van der Waals surface area contributed by atoms with E-state index in [-0.39, 0.29) is 5.56 Å². The van der Waals surface area contributed by atoms with Crippen LogP contribution in [0.5, 0.6) is 0 Å². The number of hydrogen-bond donors (Lipinski definition) is 0. The van der Waals surface area contributed by atoms with Crippen molar-refractivity contribution in [3.05, 3.63) is 65.7 Å². The largest absolute Gasteiger partial charge is 0.417 e. The Morgan fingerprint density at radius 2 is 1.70 bits per heavy atom. The van der Waals surface area contributed by atoms with E-state index in [4.69, 9.17) is 0 Å². The molecule has 0 aliphatic carbocycles. The molecule has 0 N–H and O–H groups in total. The van der Waals surface area contributed by atoms with Gasteiger partial charge in [0.1, 0.15) is 12.1 Å². The van der Waals surface area contributed by atoms with Crippen LogP contribution in [0, 0.1) is 6.92 Å². The number of carbonyl (C=O) groups excluding carboxylic acids is 1. The number of carbonyl (C=O) groups is 1. The van der Waals surface area contributed by atoms with E-state index in [0.717, 1.165) is 11.8 Å². The summed E-state index contributed by atoms with van der Waals surface area (Å²) in [6, 6.07) is 8.54. The highest BCUT2D eigenvalue weighted by Gasteiger charge is 2.36. The lowest BCUT2D eigenvalue weighted by molar-refractivity contribution is -0.138. The zero-order chi connectivity index (χ0) is 21.3. The molecule has 1 aliphatic rings. The molecular formula is C20H19F3N6O. The normalized spacial score (nSPS) is 14.8. The molecule has 0 radical (unpaired) electrons. The van der Waals surface area contributed by atoms with Crippen LogP contribution in [0.2, 0.25) is 0 Å². The average Bonchev–Trinajstić information content (AvgIpc) is 3.19. The predicted octanol–water partition coefficient (Wildman–Crippen LogP) is 2.95. The van der Waals surface area contributed by atoms with E-state index in [0.29, 0.717) is 37.8 Å². The van der Waals surface area contributed by atoms with Gasteiger partial charge in [0.2, 0.25) is 0 Å². The minimum atomic E-state index is -4.57. The minimum absolute atomic E-state index is 0.297. The average molecular weight is 416 g/mol. The van der Waals surface area contributed by atoms with E-state index in [2.05, 4.69) is 15.1 Å². The Morgan fingerprint density at radius 1 is 1.00 bits per heavy atom. The number of piperazine rings is 1. The first-order valence-corrected chi connectivity index (χ1v) is 9.38. The number of aromatic nitrogens is 4. The Bertz CT molecular complexity index is 1060. The Hall–Kier alpha value is -3.43. The van der Waals surface area contributed by atoms with E-state index in [1.165, 1.54) is 29.4 Å². The van der Waals surface area contributed by atoms with Gasteiger partial charge < -0.3 is 9.80 Å². The van der Waals surface area contributed by atoms with Crippen molar-refractivity contribution >= 4 is 11.7 Å². The van der Waals surface area contributed by atoms with Crippen molar-refractivity contribution in [2.45, 2.75) is 13.1 Å². The molecule has 3 heterocycles. The van der Waals surface area contributed by atoms with E-state index >= 15 is 0 Å². The maximum atomic E-state index is 13.2. The van der Waals surface area contributed by atoms with Gasteiger partial charge in [-0.05, 0) is 25.1 Å². The monoisotopic (exact) mass is 416 g/mol. The summed E-state index contributed by atoms with van der Waals surface area (Å²) in [6.45, 7) is 3.38. The third-order valence-corrected chi connectivity index (χ3v) is 4.95. The van der Waals surface area contributed by atoms with Crippen molar-refractivity contribution in [1.82, 2.24) is 24.6 Å². The summed E-state index contributed by atoms with van der Waals surface area (Å²) in [7, 11) is 0. The van der Waals surface area contributed by atoms with Crippen molar-refractivity contribution < 1.29 is 18.0 Å². The van der Waals surface area contributed by atoms with E-state index in [1.54, 1.807) is 16.9 Å². The summed E-state index contributed by atoms with van der Waals surface area (Å²) in [6.07, 6.45) is -1.33. The second-order valence-corrected chi connectivity index (χ2v) is 6.96. The molecule has 156 valence electrons. The van der Waals surface area contributed by atoms with Crippen molar-refractivity contribution in [2.24, 2.45) is 0 Å². The molecule has 10 heteroatoms. The molecule has 0 atom stereocenters. The van der Waals surface area contributed by atoms with Gasteiger partial charge in [-0.3, -0.25) is 4.79 Å². The van der Waals surface area contributed by atoms with Gasteiger partial charge in [0.05, 0.1) is 16.8 Å². The van der Waals surface area contributed by atoms with Crippen LogP contribution in [-0.4, -0.2) is 56.7 Å². The number of nitrogens with zero attached hydrogens (tertiary/aromatic N) is 6. The van der Waals surface area contributed by atoms with Gasteiger partial charge in [0.25, 0.3) is 5.91 Å². The SMILES string of the molecule is Cc1ccn(-c2cc(N3CCN(C(=O)c4ccccc4C(F)(F)F)CC3)ncn2)n1. The second-order valence-electron chi connectivity index (χ2n) is 6.96. The third kappa shape index (κ3) is 3.98. The van der Waals surface area contributed by atoms with Gasteiger partial charge in [0, 0.05) is 38.4 Å². The van der Waals surface area contributed by atoms with Gasteiger partial charge in [-0.1, -0.05) is 12.1 Å². The Balaban J connectivity index is 1.47. The fourth-order valence-corrected chi connectivity index (χ4v) is 3.40. The maximum absolute atomic E-state index is 13.2. The molecule has 30 heavy (non-hydrogen) atoms. The van der Waals surface area contributed by atoms with Gasteiger partial charge in [-0.15, -0.1) is 0 Å². The highest BCUT2D eigenvalue weighted by molar-refractivity contribution is 5.96. The molecule has 0 spiro atoms. The summed E-state index contributed by atoms with van der Waals surface area (Å²) in [5, 5.41) is 4.33. The molecule has 0 bridgehead atoms. The van der Waals surface area contributed by atoms with E-state index in [9.17, 15) is 18.0 Å². The van der Waals surface area contributed by atoms with Crippen LogP contribution in [0.15, 0.2) is 48.9 Å². The topological polar surface area (TPSA) is 67.2 Å². The first-order valence-electron chi connectivity index (χ1n) is 9.38. The van der Waals surface area contributed by atoms with Gasteiger partial charge in [-0.25, -0.2) is 14.6 Å². The molecule has 4 rings (SSSR count). The van der Waals surface area contributed by atoms with Crippen LogP contribution in [-0.2, 0) is 6.18 Å². The molecule has 1 aromatic carbocycles. The zero-order valence-electron chi connectivity index (χ0n) is 16.2. The van der Waals surface area contributed by atoms with Crippen LogP contribution in [0.3, 0.4) is 0 Å². The molecule has 1 aliphatic heterocycles. The maximum Gasteiger partial charge on any atom is 0.417 e. The van der Waals surface area contributed by atoms with E-state index < -0.39 is 17.6 Å². The summed E-state index contributed by atoms with van der Waals surface area (Å²) < 4.78 is 41.4. The van der Waals surface area contributed by atoms with Crippen molar-refractivity contribution in [2.75, 3.05) is 31.1 Å². The summed E-state index contributed by atoms with van der Waals surface area (Å²) >= 11 is 0. The molecule has 7 nitrogen and oxygen atoms in total. The summed E-state index contributed by atoms with van der Waals surface area (Å²) in [5.41, 5.74) is -0.370. The van der Waals surface area contributed by atoms with Crippen LogP contribution >= 0.6 is 0 Å². The molecule has 1 saturated heterocycles. The second kappa shape index (κ2) is 7.77. The number of anilines is 1. The lowest BCUT2D eigenvalue weighted by Crippen LogP contribution is -2.49. The highest BCUT2D eigenvalue weighted by Crippen LogP contribution is 2.32.